The van der Waals surface area contributed by atoms with Gasteiger partial charge in [0.05, 0.1) is 24.0 Å². The number of hydrogen-bond acceptors (Lipinski definition) is 3. The molecule has 3 nitrogen and oxygen atoms in total. The van der Waals surface area contributed by atoms with Crippen molar-refractivity contribution >= 4 is 10.9 Å². The van der Waals surface area contributed by atoms with E-state index in [1.165, 1.54) is 5.56 Å². The average molecular weight is 278 g/mol. The van der Waals surface area contributed by atoms with Crippen LogP contribution in [0, 0.1) is 20.8 Å². The van der Waals surface area contributed by atoms with Gasteiger partial charge in [-0.1, -0.05) is 6.07 Å². The van der Waals surface area contributed by atoms with Crippen LogP contribution in [0.3, 0.4) is 0 Å². The summed E-state index contributed by atoms with van der Waals surface area (Å²) in [4.78, 5) is 9.38. The molecular weight excluding hydrogens is 260 g/mol. The summed E-state index contributed by atoms with van der Waals surface area (Å²) < 4.78 is 5.40. The number of methoxy groups -OCH3 is 1. The Bertz CT molecular complexity index is 825. The van der Waals surface area contributed by atoms with Crippen molar-refractivity contribution in [2.24, 2.45) is 0 Å². The third-order valence-corrected chi connectivity index (χ3v) is 3.76. The standard InChI is InChI=1S/C18H18N2O/c1-11-10-16(15-7-5-6-12(2)19-15)20-18-13(3)17(21-4)9-8-14(11)18/h5-10H,1-4H3. The number of pyridine rings is 2. The van der Waals surface area contributed by atoms with Crippen molar-refractivity contribution in [2.45, 2.75) is 20.8 Å². The van der Waals surface area contributed by atoms with Gasteiger partial charge in [-0.05, 0) is 56.7 Å². The maximum atomic E-state index is 5.40. The first-order valence-electron chi connectivity index (χ1n) is 6.99. The van der Waals surface area contributed by atoms with E-state index in [0.29, 0.717) is 0 Å². The Hall–Kier alpha value is -2.42. The van der Waals surface area contributed by atoms with Crippen molar-refractivity contribution in [3.8, 4) is 17.1 Å². The Labute approximate surface area is 124 Å². The lowest BCUT2D eigenvalue weighted by molar-refractivity contribution is 0.412. The molecule has 3 heteroatoms. The van der Waals surface area contributed by atoms with Crippen molar-refractivity contribution in [2.75, 3.05) is 7.11 Å². The fourth-order valence-electron chi connectivity index (χ4n) is 2.62. The summed E-state index contributed by atoms with van der Waals surface area (Å²) in [7, 11) is 1.69. The summed E-state index contributed by atoms with van der Waals surface area (Å²) in [5.74, 6) is 0.865. The zero-order valence-electron chi connectivity index (χ0n) is 12.8. The van der Waals surface area contributed by atoms with E-state index in [1.807, 2.05) is 38.1 Å². The number of aromatic nitrogens is 2. The van der Waals surface area contributed by atoms with Crippen molar-refractivity contribution in [3.63, 3.8) is 0 Å². The Balaban J connectivity index is 2.29. The molecule has 3 rings (SSSR count). The van der Waals surface area contributed by atoms with Crippen LogP contribution in [0.2, 0.25) is 0 Å². The van der Waals surface area contributed by atoms with Crippen molar-refractivity contribution < 1.29 is 4.74 Å². The van der Waals surface area contributed by atoms with Crippen LogP contribution in [0.1, 0.15) is 16.8 Å². The van der Waals surface area contributed by atoms with Gasteiger partial charge in [0.2, 0.25) is 0 Å². The van der Waals surface area contributed by atoms with E-state index in [2.05, 4.69) is 24.0 Å². The summed E-state index contributed by atoms with van der Waals surface area (Å²) in [6.45, 7) is 6.14. The molecule has 0 spiro atoms. The lowest BCUT2D eigenvalue weighted by Crippen LogP contribution is -1.95. The van der Waals surface area contributed by atoms with Gasteiger partial charge in [-0.3, -0.25) is 4.98 Å². The van der Waals surface area contributed by atoms with Gasteiger partial charge in [0.15, 0.2) is 0 Å². The molecule has 0 unspecified atom stereocenters. The van der Waals surface area contributed by atoms with E-state index < -0.39 is 0 Å². The first-order chi connectivity index (χ1) is 10.1. The quantitative estimate of drug-likeness (QED) is 0.703. The molecule has 3 aromatic rings. The van der Waals surface area contributed by atoms with Crippen LogP contribution in [-0.4, -0.2) is 17.1 Å². The van der Waals surface area contributed by atoms with Gasteiger partial charge >= 0.3 is 0 Å². The van der Waals surface area contributed by atoms with Gasteiger partial charge in [0.1, 0.15) is 5.75 Å². The first-order valence-corrected chi connectivity index (χ1v) is 6.99. The Morgan fingerprint density at radius 2 is 1.71 bits per heavy atom. The second-order valence-corrected chi connectivity index (χ2v) is 5.28. The number of ether oxygens (including phenoxy) is 1. The van der Waals surface area contributed by atoms with Crippen molar-refractivity contribution in [1.29, 1.82) is 0 Å². The maximum Gasteiger partial charge on any atom is 0.123 e. The normalized spacial score (nSPS) is 10.9. The number of benzene rings is 1. The van der Waals surface area contributed by atoms with Gasteiger partial charge in [0, 0.05) is 16.6 Å². The predicted molar refractivity (Wildman–Crippen MR) is 85.7 cm³/mol. The van der Waals surface area contributed by atoms with Crippen LogP contribution >= 0.6 is 0 Å². The van der Waals surface area contributed by atoms with E-state index in [9.17, 15) is 0 Å². The molecule has 2 aromatic heterocycles. The number of aryl methyl sites for hydroxylation is 3. The highest BCUT2D eigenvalue weighted by Gasteiger charge is 2.10. The lowest BCUT2D eigenvalue weighted by atomic mass is 10.0. The molecule has 106 valence electrons. The van der Waals surface area contributed by atoms with Crippen LogP contribution in [0.4, 0.5) is 0 Å². The molecule has 0 N–H and O–H groups in total. The smallest absolute Gasteiger partial charge is 0.123 e. The summed E-state index contributed by atoms with van der Waals surface area (Å²) in [6, 6.07) is 12.2. The maximum absolute atomic E-state index is 5.40. The molecule has 0 amide bonds. The first kappa shape index (κ1) is 13.6. The van der Waals surface area contributed by atoms with Gasteiger partial charge in [-0.25, -0.2) is 4.98 Å². The van der Waals surface area contributed by atoms with E-state index in [-0.39, 0.29) is 0 Å². The van der Waals surface area contributed by atoms with E-state index >= 15 is 0 Å². The largest absolute Gasteiger partial charge is 0.496 e. The van der Waals surface area contributed by atoms with E-state index in [4.69, 9.17) is 9.72 Å². The molecule has 0 bridgehead atoms. The highest BCUT2D eigenvalue weighted by molar-refractivity contribution is 5.88. The molecule has 0 saturated carbocycles. The number of rotatable bonds is 2. The molecule has 21 heavy (non-hydrogen) atoms. The van der Waals surface area contributed by atoms with Gasteiger partial charge in [-0.15, -0.1) is 0 Å². The molecular formula is C18H18N2O. The second-order valence-electron chi connectivity index (χ2n) is 5.28. The monoisotopic (exact) mass is 278 g/mol. The third kappa shape index (κ3) is 2.35. The number of hydrogen-bond donors (Lipinski definition) is 0. The minimum absolute atomic E-state index is 0.865. The van der Waals surface area contributed by atoms with Crippen LogP contribution < -0.4 is 4.74 Å². The Kier molecular flexibility index (Phi) is 3.34. The molecule has 0 saturated heterocycles. The van der Waals surface area contributed by atoms with Gasteiger partial charge in [-0.2, -0.15) is 0 Å². The molecule has 0 aliphatic carbocycles. The lowest BCUT2D eigenvalue weighted by Gasteiger charge is -2.11. The van der Waals surface area contributed by atoms with Gasteiger partial charge in [0.25, 0.3) is 0 Å². The molecule has 2 heterocycles. The zero-order valence-corrected chi connectivity index (χ0v) is 12.8. The summed E-state index contributed by atoms with van der Waals surface area (Å²) in [5, 5.41) is 1.16. The van der Waals surface area contributed by atoms with Gasteiger partial charge < -0.3 is 4.74 Å². The third-order valence-electron chi connectivity index (χ3n) is 3.76. The molecule has 0 fully saturated rings. The molecule has 0 aliphatic rings. The highest BCUT2D eigenvalue weighted by Crippen LogP contribution is 2.30. The second kappa shape index (κ2) is 5.17. The molecule has 1 aromatic carbocycles. The minimum atomic E-state index is 0.865. The Morgan fingerprint density at radius 1 is 0.905 bits per heavy atom. The average Bonchev–Trinajstić information content (AvgIpc) is 2.48. The van der Waals surface area contributed by atoms with Crippen molar-refractivity contribution in [1.82, 2.24) is 9.97 Å². The summed E-state index contributed by atoms with van der Waals surface area (Å²) >= 11 is 0. The zero-order chi connectivity index (χ0) is 15.0. The summed E-state index contributed by atoms with van der Waals surface area (Å²) in [5.41, 5.74) is 6.04. The minimum Gasteiger partial charge on any atom is -0.496 e. The van der Waals surface area contributed by atoms with Crippen LogP contribution in [0.5, 0.6) is 5.75 Å². The predicted octanol–water partition coefficient (Wildman–Crippen LogP) is 4.23. The van der Waals surface area contributed by atoms with Crippen LogP contribution in [-0.2, 0) is 0 Å². The highest BCUT2D eigenvalue weighted by atomic mass is 16.5. The molecule has 0 atom stereocenters. The number of fused-ring (bicyclic) bond motifs is 1. The SMILES string of the molecule is COc1ccc2c(C)cc(-c3cccc(C)n3)nc2c1C. The molecule has 0 radical (unpaired) electrons. The van der Waals surface area contributed by atoms with Crippen LogP contribution in [0.15, 0.2) is 36.4 Å². The fraction of sp³-hybridized carbons (Fsp3) is 0.222. The van der Waals surface area contributed by atoms with E-state index in [0.717, 1.165) is 39.3 Å². The molecule has 0 aliphatic heterocycles. The fourth-order valence-corrected chi connectivity index (χ4v) is 2.62. The van der Waals surface area contributed by atoms with E-state index in [1.54, 1.807) is 7.11 Å². The Morgan fingerprint density at radius 3 is 2.43 bits per heavy atom. The summed E-state index contributed by atoms with van der Waals surface area (Å²) in [6.07, 6.45) is 0. The number of nitrogens with zero attached hydrogens (tertiary/aromatic N) is 2. The topological polar surface area (TPSA) is 35.0 Å². The van der Waals surface area contributed by atoms with Crippen molar-refractivity contribution in [3.05, 3.63) is 53.2 Å². The van der Waals surface area contributed by atoms with Crippen LogP contribution in [0.25, 0.3) is 22.3 Å².